The number of hydrogen-bond acceptors (Lipinski definition) is 8. The Morgan fingerprint density at radius 3 is 2.61 bits per heavy atom. The molecule has 3 N–H and O–H groups in total. The maximum atomic E-state index is 13.1. The second-order valence-electron chi connectivity index (χ2n) is 9.43. The summed E-state index contributed by atoms with van der Waals surface area (Å²) in [6, 6.07) is 11.9. The Morgan fingerprint density at radius 1 is 1.21 bits per heavy atom. The number of benzene rings is 1. The van der Waals surface area contributed by atoms with Gasteiger partial charge in [-0.05, 0) is 43.4 Å². The fourth-order valence-electron chi connectivity index (χ4n) is 4.54. The maximum Gasteiger partial charge on any atom is 0.333 e. The summed E-state index contributed by atoms with van der Waals surface area (Å²) in [4.78, 5) is 50.4. The molecule has 1 saturated carbocycles. The van der Waals surface area contributed by atoms with Gasteiger partial charge in [-0.1, -0.05) is 37.3 Å². The molecule has 1 aliphatic rings. The molecule has 38 heavy (non-hydrogen) atoms. The normalized spacial score (nSPS) is 14.9. The van der Waals surface area contributed by atoms with Gasteiger partial charge in [0.15, 0.2) is 5.65 Å². The van der Waals surface area contributed by atoms with Gasteiger partial charge in [0.2, 0.25) is 0 Å². The second-order valence-corrected chi connectivity index (χ2v) is 9.43. The minimum absolute atomic E-state index is 0.0556. The predicted molar refractivity (Wildman–Crippen MR) is 140 cm³/mol. The number of rotatable bonds is 10. The molecule has 0 amide bonds. The molecule has 3 aromatic heterocycles. The zero-order valence-electron chi connectivity index (χ0n) is 21.3. The molecular weight excluding hydrogens is 488 g/mol. The number of aryl methyl sites for hydroxylation is 1. The summed E-state index contributed by atoms with van der Waals surface area (Å²) in [5.74, 6) is -0.102. The molecule has 1 aliphatic carbocycles. The molecule has 2 unspecified atom stereocenters. The molecule has 0 aliphatic heterocycles. The summed E-state index contributed by atoms with van der Waals surface area (Å²) < 4.78 is 7.78. The monoisotopic (exact) mass is 518 g/mol. The molecule has 11 nitrogen and oxygen atoms in total. The molecule has 1 aromatic carbocycles. The molecule has 5 rings (SSSR count). The van der Waals surface area contributed by atoms with Crippen molar-refractivity contribution in [3.63, 3.8) is 0 Å². The van der Waals surface area contributed by atoms with E-state index in [0.717, 1.165) is 24.8 Å². The van der Waals surface area contributed by atoms with Gasteiger partial charge in [-0.25, -0.2) is 9.78 Å². The number of methoxy groups -OCH3 is 1. The number of fused-ring (bicyclic) bond motifs is 1. The fraction of sp³-hybridized carbons (Fsp3) is 0.370. The highest BCUT2D eigenvalue weighted by atomic mass is 16.5. The zero-order chi connectivity index (χ0) is 26.8. The second kappa shape index (κ2) is 10.7. The number of carbonyl (C=O) groups excluding carboxylic acids is 1. The van der Waals surface area contributed by atoms with Crippen LogP contribution in [0.5, 0.6) is 0 Å². The highest BCUT2D eigenvalue weighted by Crippen LogP contribution is 2.32. The summed E-state index contributed by atoms with van der Waals surface area (Å²) in [5, 5.41) is 13.6. The van der Waals surface area contributed by atoms with Crippen LogP contribution < -0.4 is 16.6 Å². The topological polar surface area (TPSA) is 144 Å². The summed E-state index contributed by atoms with van der Waals surface area (Å²) in [5.41, 5.74) is 1.70. The summed E-state index contributed by atoms with van der Waals surface area (Å²) in [6.07, 6.45) is 2.98. The first-order valence-electron chi connectivity index (χ1n) is 12.7. The van der Waals surface area contributed by atoms with Crippen LogP contribution in [0.1, 0.15) is 49.7 Å². The minimum Gasteiger partial charge on any atom is -0.468 e. The molecule has 198 valence electrons. The van der Waals surface area contributed by atoms with E-state index in [9.17, 15) is 19.5 Å². The number of aromatic nitrogens is 5. The molecule has 0 saturated heterocycles. The van der Waals surface area contributed by atoms with Crippen molar-refractivity contribution in [2.24, 2.45) is 0 Å². The van der Waals surface area contributed by atoms with Crippen LogP contribution in [0.4, 0.5) is 0 Å². The van der Waals surface area contributed by atoms with Crippen molar-refractivity contribution in [3.8, 4) is 11.4 Å². The van der Waals surface area contributed by atoms with Crippen molar-refractivity contribution in [1.29, 1.82) is 0 Å². The lowest BCUT2D eigenvalue weighted by Gasteiger charge is -2.20. The first kappa shape index (κ1) is 25.6. The van der Waals surface area contributed by atoms with Crippen molar-refractivity contribution in [1.82, 2.24) is 29.4 Å². The number of carbonyl (C=O) groups is 1. The number of ether oxygens (including phenoxy) is 1. The quantitative estimate of drug-likeness (QED) is 0.214. The van der Waals surface area contributed by atoms with E-state index in [2.05, 4.69) is 20.3 Å². The number of H-pyrrole nitrogens is 1. The summed E-state index contributed by atoms with van der Waals surface area (Å²) in [6.45, 7) is 2.41. The van der Waals surface area contributed by atoms with Gasteiger partial charge in [0.1, 0.15) is 23.6 Å². The van der Waals surface area contributed by atoms with Gasteiger partial charge in [-0.3, -0.25) is 29.0 Å². The van der Waals surface area contributed by atoms with Crippen LogP contribution in [0.25, 0.3) is 22.6 Å². The van der Waals surface area contributed by atoms with Gasteiger partial charge in [-0.2, -0.15) is 0 Å². The highest BCUT2D eigenvalue weighted by Gasteiger charge is 2.30. The molecule has 0 bridgehead atoms. The van der Waals surface area contributed by atoms with Crippen molar-refractivity contribution in [2.45, 2.75) is 57.5 Å². The first-order valence-corrected chi connectivity index (χ1v) is 12.7. The maximum absolute atomic E-state index is 13.1. The largest absolute Gasteiger partial charge is 0.468 e. The lowest BCUT2D eigenvalue weighted by molar-refractivity contribution is -0.144. The van der Waals surface area contributed by atoms with Crippen LogP contribution in [0.3, 0.4) is 0 Å². The summed E-state index contributed by atoms with van der Waals surface area (Å²) in [7, 11) is 1.30. The Labute approximate surface area is 218 Å². The molecular formula is C27H30N6O5. The van der Waals surface area contributed by atoms with Crippen molar-refractivity contribution in [2.75, 3.05) is 7.11 Å². The van der Waals surface area contributed by atoms with Crippen molar-refractivity contribution < 1.29 is 14.6 Å². The standard InChI is InChI=1S/C27H30N6O5/c1-3-13-32-23-21(25(35)33(27(32)37)18-10-11-18)30-22(31-23)17-9-12-19(28-15-17)24(34)29-20(26(36)38-2)14-16-7-5-4-6-8-16/h4-9,12,15,18,20,24,29,34H,3,10-11,13-14H2,1-2H3,(H,30,31). The number of aliphatic hydroxyl groups is 1. The zero-order valence-corrected chi connectivity index (χ0v) is 21.3. The molecule has 4 aromatic rings. The van der Waals surface area contributed by atoms with Crippen molar-refractivity contribution in [3.05, 3.63) is 80.8 Å². The van der Waals surface area contributed by atoms with Crippen LogP contribution in [0.15, 0.2) is 58.3 Å². The smallest absolute Gasteiger partial charge is 0.333 e. The van der Waals surface area contributed by atoms with E-state index in [1.165, 1.54) is 17.9 Å². The molecule has 0 radical (unpaired) electrons. The average Bonchev–Trinajstić information content (AvgIpc) is 3.67. The predicted octanol–water partition coefficient (Wildman–Crippen LogP) is 2.06. The lowest BCUT2D eigenvalue weighted by Crippen LogP contribution is -2.41. The van der Waals surface area contributed by atoms with Gasteiger partial charge >= 0.3 is 11.7 Å². The first-order chi connectivity index (χ1) is 18.4. The van der Waals surface area contributed by atoms with Crippen LogP contribution in [0.2, 0.25) is 0 Å². The van der Waals surface area contributed by atoms with E-state index in [-0.39, 0.29) is 22.8 Å². The minimum atomic E-state index is -1.23. The van der Waals surface area contributed by atoms with Gasteiger partial charge in [0.25, 0.3) is 5.56 Å². The number of imidazole rings is 1. The van der Waals surface area contributed by atoms with Crippen LogP contribution in [0, 0.1) is 0 Å². The third kappa shape index (κ3) is 5.02. The van der Waals surface area contributed by atoms with E-state index in [1.807, 2.05) is 37.3 Å². The molecule has 1 fully saturated rings. The van der Waals surface area contributed by atoms with E-state index < -0.39 is 18.2 Å². The fourth-order valence-corrected chi connectivity index (χ4v) is 4.54. The lowest BCUT2D eigenvalue weighted by atomic mass is 10.1. The number of esters is 1. The third-order valence-corrected chi connectivity index (χ3v) is 6.64. The van der Waals surface area contributed by atoms with E-state index in [1.54, 1.807) is 16.7 Å². The molecule has 0 spiro atoms. The number of nitrogens with one attached hydrogen (secondary N) is 2. The van der Waals surface area contributed by atoms with Gasteiger partial charge < -0.3 is 14.8 Å². The number of nitrogens with zero attached hydrogens (tertiary/aromatic N) is 4. The molecule has 2 atom stereocenters. The van der Waals surface area contributed by atoms with Gasteiger partial charge in [0, 0.05) is 24.3 Å². The van der Waals surface area contributed by atoms with E-state index in [4.69, 9.17) is 4.74 Å². The van der Waals surface area contributed by atoms with Crippen molar-refractivity contribution >= 4 is 17.1 Å². The highest BCUT2D eigenvalue weighted by molar-refractivity contribution is 5.76. The van der Waals surface area contributed by atoms with Gasteiger partial charge in [0.05, 0.1) is 12.8 Å². The van der Waals surface area contributed by atoms with Gasteiger partial charge in [-0.15, -0.1) is 0 Å². The summed E-state index contributed by atoms with van der Waals surface area (Å²) >= 11 is 0. The number of aliphatic hydroxyl groups excluding tert-OH is 1. The Kier molecular flexibility index (Phi) is 7.21. The van der Waals surface area contributed by atoms with E-state index >= 15 is 0 Å². The number of aromatic amines is 1. The number of hydrogen-bond donors (Lipinski definition) is 3. The molecule has 3 heterocycles. The van der Waals surface area contributed by atoms with E-state index in [0.29, 0.717) is 35.7 Å². The average molecular weight is 519 g/mol. The Balaban J connectivity index is 1.40. The number of pyridine rings is 1. The molecule has 11 heteroatoms. The van der Waals surface area contributed by atoms with Crippen LogP contribution >= 0.6 is 0 Å². The SMILES string of the molecule is CCCn1c(=O)n(C2CC2)c(=O)c2[nH]c(-c3ccc(C(O)NC(Cc4ccccc4)C(=O)OC)nc3)nc21. The Morgan fingerprint density at radius 2 is 1.97 bits per heavy atom. The third-order valence-electron chi connectivity index (χ3n) is 6.64. The van der Waals surface area contributed by atoms with Crippen LogP contribution in [-0.4, -0.2) is 48.3 Å². The Bertz CT molecular complexity index is 1550. The van der Waals surface area contributed by atoms with Crippen LogP contribution in [-0.2, 0) is 22.5 Å². The Hall–Kier alpha value is -4.09.